The third-order valence-corrected chi connectivity index (χ3v) is 9.46. The molecule has 5 atom stereocenters. The van der Waals surface area contributed by atoms with Crippen LogP contribution in [0.25, 0.3) is 0 Å². The first-order valence-electron chi connectivity index (χ1n) is 10.8. The van der Waals surface area contributed by atoms with Crippen LogP contribution in [-0.2, 0) is 19.8 Å². The number of rotatable bonds is 6. The topological polar surface area (TPSA) is 126 Å². The normalized spacial score (nSPS) is 34.2. The Bertz CT molecular complexity index is 904. The summed E-state index contributed by atoms with van der Waals surface area (Å²) in [6.45, 7) is 5.88. The van der Waals surface area contributed by atoms with Crippen LogP contribution in [0.1, 0.15) is 65.0 Å². The van der Waals surface area contributed by atoms with Gasteiger partial charge >= 0.3 is 5.97 Å². The minimum Gasteiger partial charge on any atom is -0.480 e. The van der Waals surface area contributed by atoms with E-state index in [4.69, 9.17) is 5.73 Å². The molecule has 2 amide bonds. The average molecular weight is 467 g/mol. The van der Waals surface area contributed by atoms with Gasteiger partial charge in [0.1, 0.15) is 17.5 Å². The molecule has 3 fully saturated rings. The van der Waals surface area contributed by atoms with E-state index in [0.29, 0.717) is 17.5 Å². The van der Waals surface area contributed by atoms with Gasteiger partial charge in [0.25, 0.3) is 0 Å². The molecule has 0 radical (unpaired) electrons. The number of nitrogen functional groups attached to an aromatic ring is 1. The molecule has 0 aromatic carbocycles. The third-order valence-electron chi connectivity index (χ3n) is 7.22. The lowest BCUT2D eigenvalue weighted by Crippen LogP contribution is -2.70. The van der Waals surface area contributed by atoms with E-state index in [0.717, 1.165) is 37.8 Å². The van der Waals surface area contributed by atoms with Crippen LogP contribution in [0, 0.1) is 5.92 Å². The summed E-state index contributed by atoms with van der Waals surface area (Å²) in [7, 11) is 0. The molecule has 4 N–H and O–H groups in total. The van der Waals surface area contributed by atoms with Crippen molar-refractivity contribution in [1.29, 1.82) is 0 Å². The van der Waals surface area contributed by atoms with Crippen molar-refractivity contribution in [3.63, 3.8) is 0 Å². The molecule has 1 aromatic rings. The molecule has 170 valence electrons. The number of fused-ring (bicyclic) bond motifs is 1. The van der Waals surface area contributed by atoms with E-state index in [1.54, 1.807) is 0 Å². The Morgan fingerprint density at radius 2 is 2.10 bits per heavy atom. The molecule has 3 heterocycles. The maximum absolute atomic E-state index is 12.7. The van der Waals surface area contributed by atoms with Gasteiger partial charge in [0, 0.05) is 22.0 Å². The minimum absolute atomic E-state index is 0.0875. The molecular weight excluding hydrogens is 436 g/mol. The van der Waals surface area contributed by atoms with Crippen LogP contribution < -0.4 is 11.1 Å². The van der Waals surface area contributed by atoms with Gasteiger partial charge in [-0.3, -0.25) is 9.59 Å². The number of amides is 2. The molecule has 8 nitrogen and oxygen atoms in total. The summed E-state index contributed by atoms with van der Waals surface area (Å²) in [5.41, 5.74) is 6.79. The zero-order valence-corrected chi connectivity index (χ0v) is 19.7. The molecule has 1 aromatic heterocycles. The van der Waals surface area contributed by atoms with Crippen molar-refractivity contribution in [3.8, 4) is 0 Å². The van der Waals surface area contributed by atoms with Crippen molar-refractivity contribution < 1.29 is 19.5 Å². The zero-order chi connectivity index (χ0) is 22.6. The second-order valence-electron chi connectivity index (χ2n) is 9.61. The van der Waals surface area contributed by atoms with E-state index in [1.807, 2.05) is 19.2 Å². The lowest BCUT2D eigenvalue weighted by atomic mass is 9.64. The fourth-order valence-corrected chi connectivity index (χ4v) is 7.78. The standard InChI is InChI=1S/C21H30N4O4S2/c1-20(2)15(18(28)29)25-16(27)14(17(25)31-20)24-13(26)8-7-11-6-4-5-9-21(11,3)12-10-30-19(22)23-12/h10-11,14-15,17H,4-9H2,1-3H3,(H2,22,23)(H,24,26)(H,28,29)/t11?,14-,15+,17-,21?/m1/s1. The van der Waals surface area contributed by atoms with Crippen molar-refractivity contribution >= 4 is 46.0 Å². The van der Waals surface area contributed by atoms with Gasteiger partial charge in [-0.15, -0.1) is 23.1 Å². The summed E-state index contributed by atoms with van der Waals surface area (Å²) in [4.78, 5) is 42.9. The average Bonchev–Trinajstić information content (AvgIpc) is 3.25. The van der Waals surface area contributed by atoms with Crippen LogP contribution in [-0.4, -0.2) is 55.0 Å². The number of β-lactam (4-membered cyclic amide) rings is 1. The molecule has 4 rings (SSSR count). The fraction of sp³-hybridized carbons (Fsp3) is 0.714. The van der Waals surface area contributed by atoms with Crippen LogP contribution in [0.2, 0.25) is 0 Å². The maximum Gasteiger partial charge on any atom is 0.327 e. The second kappa shape index (κ2) is 7.95. The number of aromatic nitrogens is 1. The van der Waals surface area contributed by atoms with Gasteiger partial charge in [0.05, 0.1) is 5.69 Å². The van der Waals surface area contributed by atoms with E-state index < -0.39 is 22.8 Å². The molecule has 0 bridgehead atoms. The molecule has 1 aliphatic carbocycles. The highest BCUT2D eigenvalue weighted by molar-refractivity contribution is 8.01. The Morgan fingerprint density at radius 3 is 2.74 bits per heavy atom. The monoisotopic (exact) mass is 466 g/mol. The van der Waals surface area contributed by atoms with E-state index >= 15 is 0 Å². The molecule has 2 unspecified atom stereocenters. The number of thiazole rings is 1. The van der Waals surface area contributed by atoms with E-state index in [1.165, 1.54) is 28.0 Å². The predicted octanol–water partition coefficient (Wildman–Crippen LogP) is 2.59. The molecule has 3 aliphatic rings. The summed E-state index contributed by atoms with van der Waals surface area (Å²) in [5.74, 6) is -1.12. The minimum atomic E-state index is -1.00. The van der Waals surface area contributed by atoms with Crippen LogP contribution >= 0.6 is 23.1 Å². The lowest BCUT2D eigenvalue weighted by molar-refractivity contribution is -0.161. The maximum atomic E-state index is 12.7. The molecule has 10 heteroatoms. The van der Waals surface area contributed by atoms with Gasteiger partial charge in [-0.05, 0) is 39.0 Å². The number of carboxylic acid groups (broad SMARTS) is 1. The molecule has 1 saturated carbocycles. The zero-order valence-electron chi connectivity index (χ0n) is 18.1. The highest BCUT2D eigenvalue weighted by Gasteiger charge is 2.64. The Morgan fingerprint density at radius 1 is 1.35 bits per heavy atom. The number of carbonyl (C=O) groups excluding carboxylic acids is 2. The summed E-state index contributed by atoms with van der Waals surface area (Å²) in [5, 5.41) is 14.7. The van der Waals surface area contributed by atoms with Gasteiger partial charge in [-0.2, -0.15) is 0 Å². The number of hydrogen-bond acceptors (Lipinski definition) is 7. The van der Waals surface area contributed by atoms with Gasteiger partial charge < -0.3 is 21.1 Å². The quantitative estimate of drug-likeness (QED) is 0.550. The fourth-order valence-electron chi connectivity index (χ4n) is 5.45. The highest BCUT2D eigenvalue weighted by atomic mass is 32.2. The third kappa shape index (κ3) is 3.82. The number of nitrogens with two attached hydrogens (primary N) is 1. The largest absolute Gasteiger partial charge is 0.480 e. The molecule has 2 saturated heterocycles. The van der Waals surface area contributed by atoms with E-state index in [9.17, 15) is 19.5 Å². The Balaban J connectivity index is 1.37. The van der Waals surface area contributed by atoms with Gasteiger partial charge in [-0.25, -0.2) is 9.78 Å². The van der Waals surface area contributed by atoms with Gasteiger partial charge in [0.2, 0.25) is 11.8 Å². The van der Waals surface area contributed by atoms with Crippen LogP contribution in [0.5, 0.6) is 0 Å². The first-order valence-corrected chi connectivity index (χ1v) is 12.5. The number of anilines is 1. The lowest BCUT2D eigenvalue weighted by Gasteiger charge is -2.44. The smallest absolute Gasteiger partial charge is 0.327 e. The van der Waals surface area contributed by atoms with Gasteiger partial charge in [-0.1, -0.05) is 19.8 Å². The SMILES string of the molecule is CC1(c2csc(N)n2)CCCCC1CCC(=O)N[C@@H]1C(=O)N2[C@@H]1SC(C)(C)[C@@H]2C(=O)O. The number of hydrogen-bond donors (Lipinski definition) is 3. The molecule has 0 spiro atoms. The molecular formula is C21H30N4O4S2. The van der Waals surface area contributed by atoms with Crippen molar-refractivity contribution in [2.75, 3.05) is 5.73 Å². The summed E-state index contributed by atoms with van der Waals surface area (Å²) >= 11 is 2.90. The number of carbonyl (C=O) groups is 3. The Labute approximate surface area is 190 Å². The van der Waals surface area contributed by atoms with Crippen molar-refractivity contribution in [3.05, 3.63) is 11.1 Å². The Kier molecular flexibility index (Phi) is 5.74. The molecule has 31 heavy (non-hydrogen) atoms. The van der Waals surface area contributed by atoms with Crippen LogP contribution in [0.15, 0.2) is 5.38 Å². The molecule has 2 aliphatic heterocycles. The van der Waals surface area contributed by atoms with Crippen LogP contribution in [0.3, 0.4) is 0 Å². The number of aliphatic carboxylic acids is 1. The summed E-state index contributed by atoms with van der Waals surface area (Å²) in [6, 6.07) is -1.51. The van der Waals surface area contributed by atoms with E-state index in [2.05, 4.69) is 17.2 Å². The van der Waals surface area contributed by atoms with Crippen molar-refractivity contribution in [2.24, 2.45) is 5.92 Å². The predicted molar refractivity (Wildman–Crippen MR) is 121 cm³/mol. The first kappa shape index (κ1) is 22.4. The number of thioether (sulfide) groups is 1. The number of nitrogens with one attached hydrogen (secondary N) is 1. The second-order valence-corrected chi connectivity index (χ2v) is 12.3. The summed E-state index contributed by atoms with van der Waals surface area (Å²) in [6.07, 6.45) is 5.43. The number of nitrogens with zero attached hydrogens (tertiary/aromatic N) is 2. The van der Waals surface area contributed by atoms with Crippen molar-refractivity contribution in [1.82, 2.24) is 15.2 Å². The number of carboxylic acids is 1. The van der Waals surface area contributed by atoms with E-state index in [-0.39, 0.29) is 22.6 Å². The Hall–Kier alpha value is -1.81. The van der Waals surface area contributed by atoms with Gasteiger partial charge in [0.15, 0.2) is 5.13 Å². The summed E-state index contributed by atoms with van der Waals surface area (Å²) < 4.78 is -0.592. The van der Waals surface area contributed by atoms with Crippen LogP contribution in [0.4, 0.5) is 5.13 Å². The highest BCUT2D eigenvalue weighted by Crippen LogP contribution is 2.51. The van der Waals surface area contributed by atoms with Crippen molar-refractivity contribution in [2.45, 2.75) is 86.9 Å². The first-order chi connectivity index (χ1) is 14.5.